The molecule has 7 heteroatoms. The van der Waals surface area contributed by atoms with Gasteiger partial charge in [-0.1, -0.05) is 51.5 Å². The maximum absolute atomic E-state index is 12.5. The quantitative estimate of drug-likeness (QED) is 0.399. The van der Waals surface area contributed by atoms with Crippen LogP contribution in [0.5, 0.6) is 5.75 Å². The van der Waals surface area contributed by atoms with Gasteiger partial charge in [-0.15, -0.1) is 0 Å². The number of carbonyl (C=O) groups is 2. The van der Waals surface area contributed by atoms with Gasteiger partial charge in [0.1, 0.15) is 5.75 Å². The van der Waals surface area contributed by atoms with Gasteiger partial charge >= 0.3 is 0 Å². The molecule has 36 heavy (non-hydrogen) atoms. The molecule has 0 bridgehead atoms. The highest BCUT2D eigenvalue weighted by Gasteiger charge is 2.22. The van der Waals surface area contributed by atoms with Crippen molar-refractivity contribution in [2.24, 2.45) is 10.4 Å². The number of hydrogen-bond donors (Lipinski definition) is 2. The van der Waals surface area contributed by atoms with Crippen LogP contribution in [0.3, 0.4) is 0 Å². The molecule has 1 aliphatic rings. The number of benzene rings is 2. The summed E-state index contributed by atoms with van der Waals surface area (Å²) in [5.74, 6) is 0.161. The van der Waals surface area contributed by atoms with Crippen molar-refractivity contribution in [2.75, 3.05) is 25.1 Å². The highest BCUT2D eigenvalue weighted by atomic mass is 16.5. The minimum absolute atomic E-state index is 0.117. The first-order chi connectivity index (χ1) is 17.1. The summed E-state index contributed by atoms with van der Waals surface area (Å²) in [6.07, 6.45) is 2.94. The van der Waals surface area contributed by atoms with E-state index in [9.17, 15) is 9.59 Å². The molecule has 0 unspecified atom stereocenters. The second-order valence-corrected chi connectivity index (χ2v) is 10.6. The molecule has 0 saturated heterocycles. The van der Waals surface area contributed by atoms with Crippen molar-refractivity contribution in [3.63, 3.8) is 0 Å². The van der Waals surface area contributed by atoms with E-state index in [1.165, 1.54) is 0 Å². The number of anilines is 1. The summed E-state index contributed by atoms with van der Waals surface area (Å²) in [6.45, 7) is 11.9. The summed E-state index contributed by atoms with van der Waals surface area (Å²) in [6, 6.07) is 14.8. The molecule has 0 aromatic heterocycles. The number of ether oxygens (including phenoxy) is 2. The van der Waals surface area contributed by atoms with Crippen molar-refractivity contribution in [3.8, 4) is 5.75 Å². The maximum atomic E-state index is 12.5. The molecule has 0 spiro atoms. The van der Waals surface area contributed by atoms with Crippen LogP contribution in [-0.4, -0.2) is 42.9 Å². The predicted octanol–water partition coefficient (Wildman–Crippen LogP) is 5.66. The zero-order valence-electron chi connectivity index (χ0n) is 22.1. The van der Waals surface area contributed by atoms with E-state index in [0.717, 1.165) is 12.8 Å². The second-order valence-electron chi connectivity index (χ2n) is 10.6. The third-order valence-corrected chi connectivity index (χ3v) is 6.60. The molecule has 1 aliphatic heterocycles. The van der Waals surface area contributed by atoms with E-state index < -0.39 is 0 Å². The highest BCUT2D eigenvalue weighted by Crippen LogP contribution is 2.31. The zero-order valence-corrected chi connectivity index (χ0v) is 22.1. The molecule has 0 atom stereocenters. The fraction of sp³-hybridized carbons (Fsp3) is 0.483. The molecule has 2 amide bonds. The Morgan fingerprint density at radius 2 is 1.78 bits per heavy atom. The fourth-order valence-corrected chi connectivity index (χ4v) is 3.74. The van der Waals surface area contributed by atoms with E-state index in [-0.39, 0.29) is 35.9 Å². The molecular formula is C29H39N3O4. The molecule has 1 heterocycles. The van der Waals surface area contributed by atoms with Gasteiger partial charge in [0.2, 0.25) is 5.91 Å². The summed E-state index contributed by atoms with van der Waals surface area (Å²) >= 11 is 0. The van der Waals surface area contributed by atoms with Crippen LogP contribution in [-0.2, 0) is 14.3 Å². The Balaban J connectivity index is 1.54. The summed E-state index contributed by atoms with van der Waals surface area (Å²) in [5, 5.41) is 5.80. The SMILES string of the molecule is CCC(C)(C)CCOC(C)(C)CCNC(=O)COc1ccccc1C1=Nc2ccccc2NC(=O)C1. The average molecular weight is 494 g/mol. The van der Waals surface area contributed by atoms with Crippen LogP contribution < -0.4 is 15.4 Å². The van der Waals surface area contributed by atoms with Crippen LogP contribution in [0, 0.1) is 5.41 Å². The number of nitrogens with one attached hydrogen (secondary N) is 2. The van der Waals surface area contributed by atoms with Crippen molar-refractivity contribution >= 4 is 28.9 Å². The maximum Gasteiger partial charge on any atom is 0.257 e. The molecule has 0 saturated carbocycles. The molecule has 194 valence electrons. The summed E-state index contributed by atoms with van der Waals surface area (Å²) < 4.78 is 11.9. The van der Waals surface area contributed by atoms with Crippen LogP contribution in [0.25, 0.3) is 0 Å². The zero-order chi connectivity index (χ0) is 26.2. The number of carbonyl (C=O) groups excluding carboxylic acids is 2. The van der Waals surface area contributed by atoms with Gasteiger partial charge in [-0.25, -0.2) is 4.99 Å². The first-order valence-corrected chi connectivity index (χ1v) is 12.7. The first kappa shape index (κ1) is 27.4. The number of fused-ring (bicyclic) bond motifs is 1. The fourth-order valence-electron chi connectivity index (χ4n) is 3.74. The number of rotatable bonds is 12. The minimum Gasteiger partial charge on any atom is -0.483 e. The Bertz CT molecular complexity index is 1090. The van der Waals surface area contributed by atoms with Crippen LogP contribution in [0.15, 0.2) is 53.5 Å². The lowest BCUT2D eigenvalue weighted by Crippen LogP contribution is -2.35. The van der Waals surface area contributed by atoms with Crippen LogP contribution in [0.2, 0.25) is 0 Å². The Morgan fingerprint density at radius 3 is 2.56 bits per heavy atom. The smallest absolute Gasteiger partial charge is 0.257 e. The van der Waals surface area contributed by atoms with Crippen LogP contribution in [0.4, 0.5) is 11.4 Å². The van der Waals surface area contributed by atoms with Crippen molar-refractivity contribution in [2.45, 2.75) is 65.9 Å². The molecule has 2 aromatic rings. The topological polar surface area (TPSA) is 89.0 Å². The van der Waals surface area contributed by atoms with E-state index in [2.05, 4.69) is 31.4 Å². The normalized spacial score (nSPS) is 13.8. The van der Waals surface area contributed by atoms with E-state index in [1.54, 1.807) is 6.07 Å². The van der Waals surface area contributed by atoms with Crippen molar-refractivity contribution in [3.05, 3.63) is 54.1 Å². The van der Waals surface area contributed by atoms with Gasteiger partial charge in [0, 0.05) is 18.7 Å². The molecule has 0 radical (unpaired) electrons. The number of aliphatic imine (C=N–C) groups is 1. The van der Waals surface area contributed by atoms with Gasteiger partial charge in [0.05, 0.1) is 29.1 Å². The van der Waals surface area contributed by atoms with Crippen molar-refractivity contribution < 1.29 is 19.1 Å². The number of para-hydroxylation sites is 3. The average Bonchev–Trinajstić information content (AvgIpc) is 3.00. The van der Waals surface area contributed by atoms with Gasteiger partial charge in [-0.05, 0) is 56.4 Å². The monoisotopic (exact) mass is 493 g/mol. The summed E-state index contributed by atoms with van der Waals surface area (Å²) in [7, 11) is 0. The standard InChI is InChI=1S/C29H39N3O4/c1-6-28(2,3)16-18-36-29(4,5)15-17-30-27(34)20-35-25-14-10-7-11-21(25)24-19-26(33)32-23-13-9-8-12-22(23)31-24/h7-14H,6,15-20H2,1-5H3,(H,30,34)(H,32,33). The van der Waals surface area contributed by atoms with Crippen LogP contribution in [0.1, 0.15) is 65.9 Å². The number of nitrogens with zero attached hydrogens (tertiary/aromatic N) is 1. The van der Waals surface area contributed by atoms with Crippen LogP contribution >= 0.6 is 0 Å². The minimum atomic E-state index is -0.320. The van der Waals surface area contributed by atoms with E-state index in [0.29, 0.717) is 48.0 Å². The Labute approximate surface area is 214 Å². The predicted molar refractivity (Wildman–Crippen MR) is 144 cm³/mol. The van der Waals surface area contributed by atoms with Gasteiger partial charge < -0.3 is 20.1 Å². The lowest BCUT2D eigenvalue weighted by atomic mass is 9.87. The molecule has 7 nitrogen and oxygen atoms in total. The Kier molecular flexibility index (Phi) is 9.26. The molecule has 2 N–H and O–H groups in total. The highest BCUT2D eigenvalue weighted by molar-refractivity contribution is 6.17. The number of hydrogen-bond acceptors (Lipinski definition) is 5. The van der Waals surface area contributed by atoms with E-state index in [1.807, 2.05) is 56.3 Å². The largest absolute Gasteiger partial charge is 0.483 e. The lowest BCUT2D eigenvalue weighted by molar-refractivity contribution is -0.123. The van der Waals surface area contributed by atoms with Crippen molar-refractivity contribution in [1.82, 2.24) is 5.32 Å². The van der Waals surface area contributed by atoms with E-state index >= 15 is 0 Å². The third-order valence-electron chi connectivity index (χ3n) is 6.60. The van der Waals surface area contributed by atoms with Gasteiger partial charge in [0.25, 0.3) is 5.91 Å². The second kappa shape index (κ2) is 12.2. The van der Waals surface area contributed by atoms with Gasteiger partial charge in [0.15, 0.2) is 6.61 Å². The Hall–Kier alpha value is -3.19. The molecule has 3 rings (SSSR count). The number of amides is 2. The molecule has 0 aliphatic carbocycles. The third kappa shape index (κ3) is 8.19. The Morgan fingerprint density at radius 1 is 1.06 bits per heavy atom. The summed E-state index contributed by atoms with van der Waals surface area (Å²) in [5.41, 5.74) is 2.61. The molecule has 0 fully saturated rings. The van der Waals surface area contributed by atoms with Gasteiger partial charge in [-0.3, -0.25) is 9.59 Å². The lowest BCUT2D eigenvalue weighted by Gasteiger charge is -2.29. The van der Waals surface area contributed by atoms with Crippen molar-refractivity contribution in [1.29, 1.82) is 0 Å². The van der Waals surface area contributed by atoms with E-state index in [4.69, 9.17) is 14.5 Å². The summed E-state index contributed by atoms with van der Waals surface area (Å²) in [4.78, 5) is 29.6. The first-order valence-electron chi connectivity index (χ1n) is 12.7. The van der Waals surface area contributed by atoms with Gasteiger partial charge in [-0.2, -0.15) is 0 Å². The molecular weight excluding hydrogens is 454 g/mol. The molecule has 2 aromatic carbocycles.